The number of ether oxygens (including phenoxy) is 1. The molecule has 4 aliphatic carbocycles. The van der Waals surface area contributed by atoms with Gasteiger partial charge in [-0.2, -0.15) is 0 Å². The van der Waals surface area contributed by atoms with Crippen LogP contribution in [0.5, 0.6) is 0 Å². The Bertz CT molecular complexity index is 685. The maximum atomic E-state index is 12.7. The van der Waals surface area contributed by atoms with Crippen LogP contribution < -0.4 is 0 Å². The van der Waals surface area contributed by atoms with Crippen molar-refractivity contribution in [1.29, 1.82) is 0 Å². The molecule has 1 spiro atoms. The summed E-state index contributed by atoms with van der Waals surface area (Å²) in [4.78, 5) is 25.1. The minimum Gasteiger partial charge on any atom is -0.481 e. The molecule has 2 N–H and O–H groups in total. The lowest BCUT2D eigenvalue weighted by Crippen LogP contribution is -2.53. The molecule has 0 amide bonds. The zero-order valence-electron chi connectivity index (χ0n) is 14.0. The molecular formula is C19H24O5. The van der Waals surface area contributed by atoms with E-state index in [0.29, 0.717) is 18.8 Å². The van der Waals surface area contributed by atoms with Gasteiger partial charge in [-0.1, -0.05) is 12.2 Å². The summed E-state index contributed by atoms with van der Waals surface area (Å²) in [7, 11) is 0. The summed E-state index contributed by atoms with van der Waals surface area (Å²) in [5, 5.41) is 20.8. The predicted molar refractivity (Wildman–Crippen MR) is 83.8 cm³/mol. The van der Waals surface area contributed by atoms with Crippen LogP contribution in [0.25, 0.3) is 0 Å². The Kier molecular flexibility index (Phi) is 2.53. The van der Waals surface area contributed by atoms with Crippen molar-refractivity contribution in [2.75, 3.05) is 0 Å². The number of carbonyl (C=O) groups excluding carboxylic acids is 1. The first-order chi connectivity index (χ1) is 11.3. The van der Waals surface area contributed by atoms with Gasteiger partial charge in [-0.05, 0) is 56.8 Å². The van der Waals surface area contributed by atoms with Crippen molar-refractivity contribution in [2.45, 2.75) is 57.2 Å². The number of fused-ring (bicyclic) bond motifs is 1. The Morgan fingerprint density at radius 2 is 2.08 bits per heavy atom. The van der Waals surface area contributed by atoms with Crippen LogP contribution in [0, 0.1) is 34.5 Å². The number of carboxylic acid groups (broad SMARTS) is 1. The van der Waals surface area contributed by atoms with Crippen LogP contribution in [0.3, 0.4) is 0 Å². The van der Waals surface area contributed by atoms with Gasteiger partial charge in [0.25, 0.3) is 0 Å². The molecule has 5 heteroatoms. The SMILES string of the molecule is C=C1C[C@]23C[C@H]1CC[C@H]2[C@]12CC[C@H](O)[C@@](C)(C(=O)O1)[C@H]2[C@@H]3C(=O)O. The number of hydrogen-bond acceptors (Lipinski definition) is 4. The van der Waals surface area contributed by atoms with Crippen molar-refractivity contribution in [3.05, 3.63) is 12.2 Å². The molecule has 0 radical (unpaired) electrons. The first kappa shape index (κ1) is 14.9. The van der Waals surface area contributed by atoms with Crippen molar-refractivity contribution in [2.24, 2.45) is 34.5 Å². The Hall–Kier alpha value is -1.36. The van der Waals surface area contributed by atoms with Crippen LogP contribution in [0.4, 0.5) is 0 Å². The van der Waals surface area contributed by atoms with Gasteiger partial charge in [-0.15, -0.1) is 0 Å². The summed E-state index contributed by atoms with van der Waals surface area (Å²) in [6.07, 6.45) is 3.81. The minimum absolute atomic E-state index is 0.0878. The van der Waals surface area contributed by atoms with E-state index in [4.69, 9.17) is 4.74 Å². The van der Waals surface area contributed by atoms with Crippen LogP contribution >= 0.6 is 0 Å². The molecule has 1 saturated heterocycles. The average Bonchev–Trinajstić information content (AvgIpc) is 2.98. The van der Waals surface area contributed by atoms with Gasteiger partial charge in [0.1, 0.15) is 5.60 Å². The van der Waals surface area contributed by atoms with E-state index in [0.717, 1.165) is 25.7 Å². The highest BCUT2D eigenvalue weighted by Crippen LogP contribution is 2.77. The highest BCUT2D eigenvalue weighted by atomic mass is 16.6. The van der Waals surface area contributed by atoms with E-state index in [9.17, 15) is 19.8 Å². The number of aliphatic carboxylic acids is 1. The van der Waals surface area contributed by atoms with Crippen molar-refractivity contribution in [3.8, 4) is 0 Å². The molecule has 130 valence electrons. The summed E-state index contributed by atoms with van der Waals surface area (Å²) < 4.78 is 6.01. The summed E-state index contributed by atoms with van der Waals surface area (Å²) >= 11 is 0. The van der Waals surface area contributed by atoms with E-state index in [2.05, 4.69) is 6.58 Å². The molecule has 5 fully saturated rings. The van der Waals surface area contributed by atoms with Gasteiger partial charge in [-0.25, -0.2) is 0 Å². The number of rotatable bonds is 1. The second kappa shape index (κ2) is 4.06. The summed E-state index contributed by atoms with van der Waals surface area (Å²) in [5.41, 5.74) is -0.953. The molecule has 0 aromatic heterocycles. The first-order valence-corrected chi connectivity index (χ1v) is 9.09. The maximum Gasteiger partial charge on any atom is 0.315 e. The smallest absolute Gasteiger partial charge is 0.315 e. The van der Waals surface area contributed by atoms with Crippen LogP contribution in [-0.4, -0.2) is 33.9 Å². The second-order valence-corrected chi connectivity index (χ2v) is 9.07. The largest absolute Gasteiger partial charge is 0.481 e. The lowest BCUT2D eigenvalue weighted by Gasteiger charge is -2.44. The van der Waals surface area contributed by atoms with E-state index in [-0.39, 0.29) is 11.3 Å². The van der Waals surface area contributed by atoms with E-state index in [1.54, 1.807) is 6.92 Å². The molecular weight excluding hydrogens is 308 g/mol. The molecule has 5 aliphatic rings. The number of aliphatic hydroxyl groups is 1. The van der Waals surface area contributed by atoms with Crippen molar-refractivity contribution in [1.82, 2.24) is 0 Å². The van der Waals surface area contributed by atoms with E-state index in [1.807, 2.05) is 0 Å². The Balaban J connectivity index is 1.76. The topological polar surface area (TPSA) is 83.8 Å². The lowest BCUT2D eigenvalue weighted by molar-refractivity contribution is -0.162. The Morgan fingerprint density at radius 1 is 1.33 bits per heavy atom. The molecule has 4 bridgehead atoms. The van der Waals surface area contributed by atoms with Gasteiger partial charge in [0.05, 0.1) is 17.4 Å². The van der Waals surface area contributed by atoms with Gasteiger partial charge < -0.3 is 14.9 Å². The van der Waals surface area contributed by atoms with Crippen LogP contribution in [-0.2, 0) is 14.3 Å². The van der Waals surface area contributed by atoms with Crippen molar-refractivity contribution >= 4 is 11.9 Å². The second-order valence-electron chi connectivity index (χ2n) is 9.07. The van der Waals surface area contributed by atoms with Gasteiger partial charge in [0.2, 0.25) is 0 Å². The zero-order chi connectivity index (χ0) is 17.1. The van der Waals surface area contributed by atoms with E-state index in [1.165, 1.54) is 5.57 Å². The van der Waals surface area contributed by atoms with Crippen molar-refractivity contribution < 1.29 is 24.5 Å². The summed E-state index contributed by atoms with van der Waals surface area (Å²) in [5.74, 6) is -1.78. The molecule has 0 unspecified atom stereocenters. The van der Waals surface area contributed by atoms with Gasteiger partial charge in [0.15, 0.2) is 0 Å². The number of esters is 1. The molecule has 24 heavy (non-hydrogen) atoms. The standard InChI is InChI=1S/C19H24O5/c1-9-7-18-8-10(9)3-4-11(18)19-6-5-12(20)17(2,16(23)24-19)14(19)13(18)15(21)22/h10-14,20H,1,3-8H2,2H3,(H,21,22)/t10-,11-,12+,13-,14-,17-,18+,19+/m1/s1. The Morgan fingerprint density at radius 3 is 2.79 bits per heavy atom. The van der Waals surface area contributed by atoms with Gasteiger partial charge in [-0.3, -0.25) is 9.59 Å². The van der Waals surface area contributed by atoms with E-state index < -0.39 is 40.9 Å². The molecule has 5 rings (SSSR count). The van der Waals surface area contributed by atoms with Gasteiger partial charge >= 0.3 is 11.9 Å². The third kappa shape index (κ3) is 1.29. The number of hydrogen-bond donors (Lipinski definition) is 2. The number of aliphatic hydroxyl groups excluding tert-OH is 1. The molecule has 1 aliphatic heterocycles. The quantitative estimate of drug-likeness (QED) is 0.568. The zero-order valence-corrected chi connectivity index (χ0v) is 14.0. The highest BCUT2D eigenvalue weighted by molar-refractivity contribution is 5.85. The predicted octanol–water partition coefficient (Wildman–Crippen LogP) is 2.14. The maximum absolute atomic E-state index is 12.7. The molecule has 8 atom stereocenters. The van der Waals surface area contributed by atoms with Gasteiger partial charge in [0, 0.05) is 11.8 Å². The molecule has 4 saturated carbocycles. The Labute approximate surface area is 141 Å². The monoisotopic (exact) mass is 332 g/mol. The lowest BCUT2D eigenvalue weighted by atomic mass is 9.59. The number of carboxylic acids is 1. The fourth-order valence-electron chi connectivity index (χ4n) is 7.66. The highest BCUT2D eigenvalue weighted by Gasteiger charge is 2.83. The fraction of sp³-hybridized carbons (Fsp3) is 0.789. The molecule has 1 heterocycles. The fourth-order valence-corrected chi connectivity index (χ4v) is 7.66. The molecule has 0 aromatic carbocycles. The minimum atomic E-state index is -1.09. The molecule has 0 aromatic rings. The summed E-state index contributed by atoms with van der Waals surface area (Å²) in [6, 6.07) is 0. The van der Waals surface area contributed by atoms with Crippen molar-refractivity contribution in [3.63, 3.8) is 0 Å². The first-order valence-electron chi connectivity index (χ1n) is 9.09. The number of carbonyl (C=O) groups is 2. The number of allylic oxidation sites excluding steroid dienone is 1. The normalized spacial score (nSPS) is 57.5. The molecule has 5 nitrogen and oxygen atoms in total. The van der Waals surface area contributed by atoms with E-state index >= 15 is 0 Å². The van der Waals surface area contributed by atoms with Crippen LogP contribution in [0.2, 0.25) is 0 Å². The van der Waals surface area contributed by atoms with Crippen LogP contribution in [0.15, 0.2) is 12.2 Å². The average molecular weight is 332 g/mol. The third-order valence-corrected chi connectivity index (χ3v) is 8.46. The third-order valence-electron chi connectivity index (χ3n) is 8.46. The summed E-state index contributed by atoms with van der Waals surface area (Å²) in [6.45, 7) is 5.95. The van der Waals surface area contributed by atoms with Crippen LogP contribution in [0.1, 0.15) is 45.4 Å².